The van der Waals surface area contributed by atoms with Gasteiger partial charge >= 0.3 is 0 Å². The average molecular weight is 155 g/mol. The van der Waals surface area contributed by atoms with Crippen LogP contribution in [-0.2, 0) is 0 Å². The highest BCUT2D eigenvalue weighted by Gasteiger charge is 2.01. The van der Waals surface area contributed by atoms with Crippen LogP contribution in [0, 0.1) is 11.8 Å². The van der Waals surface area contributed by atoms with Crippen LogP contribution in [0.3, 0.4) is 0 Å². The predicted molar refractivity (Wildman–Crippen MR) is 51.4 cm³/mol. The molecule has 0 spiro atoms. The van der Waals surface area contributed by atoms with E-state index in [2.05, 4.69) is 20.4 Å². The molecule has 0 radical (unpaired) electrons. The Morgan fingerprint density at radius 2 is 2.00 bits per heavy atom. The maximum absolute atomic E-state index is 5.53. The zero-order valence-corrected chi connectivity index (χ0v) is 7.84. The van der Waals surface area contributed by atoms with Crippen molar-refractivity contribution in [1.82, 2.24) is 0 Å². The molecule has 0 aliphatic rings. The van der Waals surface area contributed by atoms with Crippen LogP contribution in [0.4, 0.5) is 0 Å². The second-order valence-electron chi connectivity index (χ2n) is 3.56. The lowest BCUT2D eigenvalue weighted by Gasteiger charge is -2.09. The van der Waals surface area contributed by atoms with Crippen LogP contribution in [0.2, 0.25) is 0 Å². The van der Waals surface area contributed by atoms with Gasteiger partial charge < -0.3 is 5.73 Å². The van der Waals surface area contributed by atoms with Gasteiger partial charge in [-0.2, -0.15) is 0 Å². The molecule has 0 bridgehead atoms. The van der Waals surface area contributed by atoms with Crippen LogP contribution < -0.4 is 5.73 Å². The van der Waals surface area contributed by atoms with Crippen molar-refractivity contribution >= 4 is 0 Å². The van der Waals surface area contributed by atoms with Crippen LogP contribution in [0.25, 0.3) is 0 Å². The Labute approximate surface area is 70.7 Å². The molecular formula is C10H21N. The molecule has 1 nitrogen and oxygen atoms in total. The Hall–Kier alpha value is -0.300. The Bertz CT molecular complexity index is 97.0. The van der Waals surface area contributed by atoms with Crippen molar-refractivity contribution in [3.05, 3.63) is 12.7 Å². The Morgan fingerprint density at radius 1 is 1.36 bits per heavy atom. The first-order valence-electron chi connectivity index (χ1n) is 4.53. The molecule has 0 fully saturated rings. The van der Waals surface area contributed by atoms with Crippen LogP contribution in [0.5, 0.6) is 0 Å². The molecule has 1 atom stereocenters. The molecule has 0 aliphatic carbocycles. The van der Waals surface area contributed by atoms with Gasteiger partial charge in [0.2, 0.25) is 0 Å². The normalized spacial score (nSPS) is 13.5. The Balaban J connectivity index is 3.28. The van der Waals surface area contributed by atoms with Crippen LogP contribution in [-0.4, -0.2) is 6.54 Å². The standard InChI is InChI=1S/C10H21N/c1-4-10(8-11)7-5-6-9(2)3/h4,9-10H,1,5-8,11H2,2-3H3. The Kier molecular flexibility index (Phi) is 6.24. The lowest BCUT2D eigenvalue weighted by Crippen LogP contribution is -2.11. The molecular weight excluding hydrogens is 134 g/mol. The molecule has 2 N–H and O–H groups in total. The highest BCUT2D eigenvalue weighted by molar-refractivity contribution is 4.79. The lowest BCUT2D eigenvalue weighted by atomic mass is 9.99. The molecule has 0 heterocycles. The summed E-state index contributed by atoms with van der Waals surface area (Å²) < 4.78 is 0. The minimum absolute atomic E-state index is 0.536. The van der Waals surface area contributed by atoms with E-state index in [4.69, 9.17) is 5.73 Å². The third kappa shape index (κ3) is 6.11. The number of hydrogen-bond acceptors (Lipinski definition) is 1. The fourth-order valence-corrected chi connectivity index (χ4v) is 1.12. The van der Waals surface area contributed by atoms with Crippen molar-refractivity contribution in [1.29, 1.82) is 0 Å². The maximum Gasteiger partial charge on any atom is -0.00143 e. The van der Waals surface area contributed by atoms with E-state index < -0.39 is 0 Å². The fourth-order valence-electron chi connectivity index (χ4n) is 1.12. The van der Waals surface area contributed by atoms with Crippen LogP contribution in [0.1, 0.15) is 33.1 Å². The predicted octanol–water partition coefficient (Wildman–Crippen LogP) is 2.57. The molecule has 0 aliphatic heterocycles. The molecule has 66 valence electrons. The zero-order chi connectivity index (χ0) is 8.69. The summed E-state index contributed by atoms with van der Waals surface area (Å²) in [7, 11) is 0. The van der Waals surface area contributed by atoms with E-state index in [-0.39, 0.29) is 0 Å². The van der Waals surface area contributed by atoms with Gasteiger partial charge in [-0.15, -0.1) is 6.58 Å². The van der Waals surface area contributed by atoms with Crippen molar-refractivity contribution in [2.45, 2.75) is 33.1 Å². The SMILES string of the molecule is C=CC(CN)CCCC(C)C. The van der Waals surface area contributed by atoms with Crippen molar-refractivity contribution in [2.75, 3.05) is 6.54 Å². The first-order valence-corrected chi connectivity index (χ1v) is 4.53. The van der Waals surface area contributed by atoms with Gasteiger partial charge in [-0.3, -0.25) is 0 Å². The quantitative estimate of drug-likeness (QED) is 0.586. The summed E-state index contributed by atoms with van der Waals surface area (Å²) in [5.74, 6) is 1.35. The van der Waals surface area contributed by atoms with E-state index in [0.717, 1.165) is 12.5 Å². The van der Waals surface area contributed by atoms with Crippen molar-refractivity contribution in [3.63, 3.8) is 0 Å². The zero-order valence-electron chi connectivity index (χ0n) is 7.84. The van der Waals surface area contributed by atoms with Gasteiger partial charge in [0.15, 0.2) is 0 Å². The lowest BCUT2D eigenvalue weighted by molar-refractivity contribution is 0.489. The summed E-state index contributed by atoms with van der Waals surface area (Å²) in [6.07, 6.45) is 5.77. The topological polar surface area (TPSA) is 26.0 Å². The molecule has 0 saturated carbocycles. The first kappa shape index (κ1) is 10.7. The molecule has 1 unspecified atom stereocenters. The average Bonchev–Trinajstić information content (AvgIpc) is 1.98. The fraction of sp³-hybridized carbons (Fsp3) is 0.800. The summed E-state index contributed by atoms with van der Waals surface area (Å²) in [6, 6.07) is 0. The van der Waals surface area contributed by atoms with Gasteiger partial charge in [-0.05, 0) is 24.8 Å². The van der Waals surface area contributed by atoms with E-state index in [1.165, 1.54) is 19.3 Å². The minimum Gasteiger partial charge on any atom is -0.330 e. The maximum atomic E-state index is 5.53. The third-order valence-electron chi connectivity index (χ3n) is 1.99. The summed E-state index contributed by atoms with van der Waals surface area (Å²) in [6.45, 7) is 9.01. The van der Waals surface area contributed by atoms with Crippen LogP contribution >= 0.6 is 0 Å². The molecule has 0 amide bonds. The van der Waals surface area contributed by atoms with Gasteiger partial charge in [0.1, 0.15) is 0 Å². The van der Waals surface area contributed by atoms with Gasteiger partial charge in [0.25, 0.3) is 0 Å². The summed E-state index contributed by atoms with van der Waals surface area (Å²) in [5.41, 5.74) is 5.53. The smallest absolute Gasteiger partial charge is 0.00143 e. The largest absolute Gasteiger partial charge is 0.330 e. The second-order valence-corrected chi connectivity index (χ2v) is 3.56. The van der Waals surface area contributed by atoms with Gasteiger partial charge in [-0.1, -0.05) is 32.8 Å². The van der Waals surface area contributed by atoms with Crippen LogP contribution in [0.15, 0.2) is 12.7 Å². The van der Waals surface area contributed by atoms with Gasteiger partial charge in [0.05, 0.1) is 0 Å². The minimum atomic E-state index is 0.536. The highest BCUT2D eigenvalue weighted by atomic mass is 14.5. The highest BCUT2D eigenvalue weighted by Crippen LogP contribution is 2.12. The Morgan fingerprint density at radius 3 is 2.36 bits per heavy atom. The monoisotopic (exact) mass is 155 g/mol. The number of hydrogen-bond donors (Lipinski definition) is 1. The molecule has 0 aromatic carbocycles. The molecule has 0 aromatic rings. The second kappa shape index (κ2) is 6.41. The van der Waals surface area contributed by atoms with Gasteiger partial charge in [0, 0.05) is 0 Å². The first-order chi connectivity index (χ1) is 5.20. The van der Waals surface area contributed by atoms with E-state index in [1.54, 1.807) is 0 Å². The van der Waals surface area contributed by atoms with E-state index in [1.807, 2.05) is 6.08 Å². The van der Waals surface area contributed by atoms with Crippen molar-refractivity contribution in [3.8, 4) is 0 Å². The molecule has 0 saturated heterocycles. The van der Waals surface area contributed by atoms with E-state index >= 15 is 0 Å². The van der Waals surface area contributed by atoms with Crippen molar-refractivity contribution < 1.29 is 0 Å². The summed E-state index contributed by atoms with van der Waals surface area (Å²) in [5, 5.41) is 0. The molecule has 11 heavy (non-hydrogen) atoms. The number of nitrogens with two attached hydrogens (primary N) is 1. The molecule has 0 rings (SSSR count). The van der Waals surface area contributed by atoms with Gasteiger partial charge in [-0.25, -0.2) is 0 Å². The summed E-state index contributed by atoms with van der Waals surface area (Å²) >= 11 is 0. The molecule has 1 heteroatoms. The van der Waals surface area contributed by atoms with E-state index in [0.29, 0.717) is 5.92 Å². The molecule has 0 aromatic heterocycles. The van der Waals surface area contributed by atoms with E-state index in [9.17, 15) is 0 Å². The summed E-state index contributed by atoms with van der Waals surface area (Å²) in [4.78, 5) is 0. The van der Waals surface area contributed by atoms with Crippen molar-refractivity contribution in [2.24, 2.45) is 17.6 Å². The third-order valence-corrected chi connectivity index (χ3v) is 1.99. The number of rotatable bonds is 6.